The normalized spacial score (nSPS) is 22.0. The van der Waals surface area contributed by atoms with Crippen molar-refractivity contribution in [3.05, 3.63) is 83.9 Å². The summed E-state index contributed by atoms with van der Waals surface area (Å²) in [5.74, 6) is 0.644. The van der Waals surface area contributed by atoms with Crippen LogP contribution < -0.4 is 15.4 Å². The monoisotopic (exact) mass is 498 g/mol. The van der Waals surface area contributed by atoms with Crippen molar-refractivity contribution in [2.24, 2.45) is 11.7 Å². The molecule has 0 bridgehead atoms. The molecule has 2 unspecified atom stereocenters. The summed E-state index contributed by atoms with van der Waals surface area (Å²) in [4.78, 5) is 26.1. The van der Waals surface area contributed by atoms with Crippen molar-refractivity contribution in [3.8, 4) is 16.9 Å². The number of aliphatic carboxylic acids is 1. The molecule has 3 aromatic rings. The van der Waals surface area contributed by atoms with Gasteiger partial charge in [-0.2, -0.15) is 0 Å². The molecular weight excluding hydrogens is 464 g/mol. The lowest BCUT2D eigenvalue weighted by Gasteiger charge is -2.35. The van der Waals surface area contributed by atoms with E-state index in [1.54, 1.807) is 4.90 Å². The molecule has 192 valence electrons. The van der Waals surface area contributed by atoms with E-state index in [2.05, 4.69) is 24.3 Å². The molecule has 5 rings (SSSR count). The Labute approximate surface area is 218 Å². The molecule has 6 heteroatoms. The molecule has 1 heterocycles. The highest BCUT2D eigenvalue weighted by molar-refractivity contribution is 5.99. The standard InChI is InChI=1S/C31H34N2O4/c1-20-19-33(31(36)30(32)25-5-3-2-4-6-25)27-16-15-26(18-28(27)37-20)24-13-11-23(12-14-24)22-9-7-21(8-10-22)17-29(34)35/h2-6,11-16,18,20-22,30H,7-10,17,19,32H2,1H3,(H,34,35). The average Bonchev–Trinajstić information content (AvgIpc) is 2.92. The van der Waals surface area contributed by atoms with E-state index in [1.165, 1.54) is 5.56 Å². The van der Waals surface area contributed by atoms with Crippen LogP contribution in [0, 0.1) is 5.92 Å². The van der Waals surface area contributed by atoms with Gasteiger partial charge in [0.2, 0.25) is 5.91 Å². The lowest BCUT2D eigenvalue weighted by molar-refractivity contribution is -0.138. The largest absolute Gasteiger partial charge is 0.487 e. The van der Waals surface area contributed by atoms with Gasteiger partial charge in [-0.3, -0.25) is 9.59 Å². The SMILES string of the molecule is CC1CN(C(=O)C(N)c2ccccc2)c2ccc(-c3ccc(C4CCC(CC(=O)O)CC4)cc3)cc2O1. The van der Waals surface area contributed by atoms with E-state index in [4.69, 9.17) is 15.6 Å². The van der Waals surface area contributed by atoms with Gasteiger partial charge < -0.3 is 20.5 Å². The number of hydrogen-bond donors (Lipinski definition) is 2. The Balaban J connectivity index is 1.31. The van der Waals surface area contributed by atoms with Gasteiger partial charge in [0, 0.05) is 6.42 Å². The van der Waals surface area contributed by atoms with Crippen LogP contribution in [0.4, 0.5) is 5.69 Å². The molecule has 6 nitrogen and oxygen atoms in total. The number of nitrogens with two attached hydrogens (primary N) is 1. The summed E-state index contributed by atoms with van der Waals surface area (Å²) in [6.45, 7) is 2.42. The first-order valence-electron chi connectivity index (χ1n) is 13.1. The maximum atomic E-state index is 13.3. The summed E-state index contributed by atoms with van der Waals surface area (Å²) in [7, 11) is 0. The highest BCUT2D eigenvalue weighted by atomic mass is 16.5. The van der Waals surface area contributed by atoms with E-state index in [0.717, 1.165) is 48.1 Å². The van der Waals surface area contributed by atoms with E-state index in [-0.39, 0.29) is 18.4 Å². The predicted molar refractivity (Wildman–Crippen MR) is 145 cm³/mol. The highest BCUT2D eigenvalue weighted by Gasteiger charge is 2.31. The fraction of sp³-hybridized carbons (Fsp3) is 0.355. The van der Waals surface area contributed by atoms with Crippen molar-refractivity contribution in [1.29, 1.82) is 0 Å². The van der Waals surface area contributed by atoms with Crippen LogP contribution in [-0.2, 0) is 9.59 Å². The number of fused-ring (bicyclic) bond motifs is 1. The van der Waals surface area contributed by atoms with Crippen molar-refractivity contribution >= 4 is 17.6 Å². The molecule has 37 heavy (non-hydrogen) atoms. The van der Waals surface area contributed by atoms with E-state index in [0.29, 0.717) is 24.1 Å². The van der Waals surface area contributed by atoms with Gasteiger partial charge in [0.15, 0.2) is 0 Å². The quantitative estimate of drug-likeness (QED) is 0.440. The molecule has 3 N–H and O–H groups in total. The third-order valence-corrected chi connectivity index (χ3v) is 7.73. The maximum absolute atomic E-state index is 13.3. The zero-order valence-electron chi connectivity index (χ0n) is 21.2. The number of benzene rings is 3. The van der Waals surface area contributed by atoms with Gasteiger partial charge in [0.1, 0.15) is 17.9 Å². The molecular formula is C31H34N2O4. The molecule has 1 saturated carbocycles. The van der Waals surface area contributed by atoms with Gasteiger partial charge in [-0.25, -0.2) is 0 Å². The summed E-state index contributed by atoms with van der Waals surface area (Å²) < 4.78 is 6.14. The molecule has 2 aliphatic rings. The summed E-state index contributed by atoms with van der Waals surface area (Å²) >= 11 is 0. The molecule has 0 radical (unpaired) electrons. The number of carboxylic acids is 1. The second kappa shape index (κ2) is 10.8. The summed E-state index contributed by atoms with van der Waals surface area (Å²) in [6, 6.07) is 23.4. The van der Waals surface area contributed by atoms with Gasteiger partial charge >= 0.3 is 5.97 Å². The molecule has 0 spiro atoms. The van der Waals surface area contributed by atoms with E-state index in [9.17, 15) is 9.59 Å². The van der Waals surface area contributed by atoms with Crippen LogP contribution in [-0.4, -0.2) is 29.6 Å². The minimum absolute atomic E-state index is 0.141. The van der Waals surface area contributed by atoms with Crippen molar-refractivity contribution < 1.29 is 19.4 Å². The van der Waals surface area contributed by atoms with Gasteiger partial charge in [-0.15, -0.1) is 0 Å². The molecule has 0 aromatic heterocycles. The van der Waals surface area contributed by atoms with Crippen molar-refractivity contribution in [3.63, 3.8) is 0 Å². The number of ether oxygens (including phenoxy) is 1. The minimum atomic E-state index is -0.731. The first-order valence-corrected chi connectivity index (χ1v) is 13.1. The fourth-order valence-electron chi connectivity index (χ4n) is 5.69. The van der Waals surface area contributed by atoms with E-state index >= 15 is 0 Å². The Morgan fingerprint density at radius 3 is 2.32 bits per heavy atom. The molecule has 1 fully saturated rings. The Bertz CT molecular complexity index is 1250. The third kappa shape index (κ3) is 5.54. The van der Waals surface area contributed by atoms with Crippen molar-refractivity contribution in [2.45, 2.75) is 57.1 Å². The average molecular weight is 499 g/mol. The van der Waals surface area contributed by atoms with Gasteiger partial charge in [0.25, 0.3) is 0 Å². The first-order chi connectivity index (χ1) is 17.9. The second-order valence-corrected chi connectivity index (χ2v) is 10.4. The Hall–Kier alpha value is -3.64. The fourth-order valence-corrected chi connectivity index (χ4v) is 5.69. The van der Waals surface area contributed by atoms with Crippen LogP contribution in [0.2, 0.25) is 0 Å². The topological polar surface area (TPSA) is 92.9 Å². The molecule has 1 amide bonds. The number of carbonyl (C=O) groups is 2. The first kappa shape index (κ1) is 25.0. The molecule has 0 saturated heterocycles. The smallest absolute Gasteiger partial charge is 0.303 e. The zero-order chi connectivity index (χ0) is 25.9. The Morgan fingerprint density at radius 2 is 1.65 bits per heavy atom. The molecule has 1 aliphatic heterocycles. The second-order valence-electron chi connectivity index (χ2n) is 10.4. The van der Waals surface area contributed by atoms with E-state index in [1.807, 2.05) is 55.5 Å². The lowest BCUT2D eigenvalue weighted by Crippen LogP contribution is -2.46. The highest BCUT2D eigenvalue weighted by Crippen LogP contribution is 2.40. The zero-order valence-corrected chi connectivity index (χ0v) is 21.2. The van der Waals surface area contributed by atoms with Crippen LogP contribution in [0.5, 0.6) is 5.75 Å². The van der Waals surface area contributed by atoms with E-state index < -0.39 is 12.0 Å². The number of hydrogen-bond acceptors (Lipinski definition) is 4. The maximum Gasteiger partial charge on any atom is 0.303 e. The Kier molecular flexibility index (Phi) is 7.28. The third-order valence-electron chi connectivity index (χ3n) is 7.73. The number of amides is 1. The molecule has 2 atom stereocenters. The van der Waals surface area contributed by atoms with Crippen molar-refractivity contribution in [1.82, 2.24) is 0 Å². The number of nitrogens with zero attached hydrogens (tertiary/aromatic N) is 1. The van der Waals surface area contributed by atoms with Crippen LogP contribution in [0.3, 0.4) is 0 Å². The van der Waals surface area contributed by atoms with Crippen LogP contribution in [0.15, 0.2) is 72.8 Å². The predicted octanol–water partition coefficient (Wildman–Crippen LogP) is 5.92. The summed E-state index contributed by atoms with van der Waals surface area (Å²) in [5.41, 5.74) is 11.3. The Morgan fingerprint density at radius 1 is 0.973 bits per heavy atom. The number of carbonyl (C=O) groups excluding carboxylic acids is 1. The van der Waals surface area contributed by atoms with Crippen LogP contribution >= 0.6 is 0 Å². The van der Waals surface area contributed by atoms with Gasteiger partial charge in [-0.1, -0.05) is 60.7 Å². The molecule has 3 aromatic carbocycles. The minimum Gasteiger partial charge on any atom is -0.487 e. The van der Waals surface area contributed by atoms with Gasteiger partial charge in [0.05, 0.1) is 12.2 Å². The van der Waals surface area contributed by atoms with Crippen molar-refractivity contribution in [2.75, 3.05) is 11.4 Å². The van der Waals surface area contributed by atoms with Crippen LogP contribution in [0.1, 0.15) is 62.1 Å². The number of rotatable bonds is 6. The number of anilines is 1. The molecule has 1 aliphatic carbocycles. The lowest BCUT2D eigenvalue weighted by atomic mass is 9.77. The number of carboxylic acid groups (broad SMARTS) is 1. The summed E-state index contributed by atoms with van der Waals surface area (Å²) in [6.07, 6.45) is 4.16. The van der Waals surface area contributed by atoms with Gasteiger partial charge in [-0.05, 0) is 78.8 Å². The summed E-state index contributed by atoms with van der Waals surface area (Å²) in [5, 5.41) is 9.06. The van der Waals surface area contributed by atoms with Crippen LogP contribution in [0.25, 0.3) is 11.1 Å².